The van der Waals surface area contributed by atoms with Crippen molar-refractivity contribution in [1.29, 1.82) is 5.41 Å². The van der Waals surface area contributed by atoms with Gasteiger partial charge in [0, 0.05) is 6.21 Å². The molecule has 15 heavy (non-hydrogen) atoms. The van der Waals surface area contributed by atoms with Crippen molar-refractivity contribution in [3.8, 4) is 0 Å². The van der Waals surface area contributed by atoms with Gasteiger partial charge in [0.25, 0.3) is 0 Å². The summed E-state index contributed by atoms with van der Waals surface area (Å²) >= 11 is 0. The van der Waals surface area contributed by atoms with Crippen LogP contribution in [-0.4, -0.2) is 6.21 Å². The van der Waals surface area contributed by atoms with E-state index in [1.165, 1.54) is 35.7 Å². The summed E-state index contributed by atoms with van der Waals surface area (Å²) in [6.45, 7) is 6.61. The number of aryl methyl sites for hydroxylation is 1. The third-order valence-corrected chi connectivity index (χ3v) is 3.27. The molecule has 0 atom stereocenters. The Morgan fingerprint density at radius 1 is 1.33 bits per heavy atom. The van der Waals surface area contributed by atoms with Crippen LogP contribution < -0.4 is 0 Å². The summed E-state index contributed by atoms with van der Waals surface area (Å²) in [6.07, 6.45) is 4.14. The van der Waals surface area contributed by atoms with Gasteiger partial charge in [-0.2, -0.15) is 0 Å². The Kier molecular flexibility index (Phi) is 2.64. The van der Waals surface area contributed by atoms with Gasteiger partial charge in [-0.25, -0.2) is 0 Å². The Morgan fingerprint density at radius 3 is 2.47 bits per heavy atom. The van der Waals surface area contributed by atoms with Crippen LogP contribution in [0.5, 0.6) is 0 Å². The SMILES string of the molecule is Cc1cc(C(C)C)c(C2CC2)cc1C=N. The zero-order valence-corrected chi connectivity index (χ0v) is 9.80. The standard InChI is InChI=1S/C14H19N/c1-9(2)13-6-10(3)12(8-15)7-14(13)11-4-5-11/h6-9,11,15H,4-5H2,1-3H3. The first-order chi connectivity index (χ1) is 7.13. The van der Waals surface area contributed by atoms with Crippen LogP contribution in [0, 0.1) is 12.3 Å². The van der Waals surface area contributed by atoms with Gasteiger partial charge in [0.1, 0.15) is 0 Å². The minimum Gasteiger partial charge on any atom is -0.308 e. The molecule has 0 bridgehead atoms. The van der Waals surface area contributed by atoms with Crippen LogP contribution in [0.3, 0.4) is 0 Å². The Bertz CT molecular complexity index is 387. The average Bonchev–Trinajstić information content (AvgIpc) is 3.00. The van der Waals surface area contributed by atoms with Crippen molar-refractivity contribution in [2.24, 2.45) is 0 Å². The first-order valence-electron chi connectivity index (χ1n) is 5.78. The number of hydrogen-bond donors (Lipinski definition) is 1. The molecular formula is C14H19N. The third-order valence-electron chi connectivity index (χ3n) is 3.27. The van der Waals surface area contributed by atoms with Gasteiger partial charge in [-0.15, -0.1) is 0 Å². The largest absolute Gasteiger partial charge is 0.308 e. The Balaban J connectivity index is 2.52. The van der Waals surface area contributed by atoms with Gasteiger partial charge >= 0.3 is 0 Å². The molecule has 0 spiro atoms. The molecule has 1 N–H and O–H groups in total. The predicted molar refractivity (Wildman–Crippen MR) is 65.1 cm³/mol. The highest BCUT2D eigenvalue weighted by atomic mass is 14.4. The molecule has 1 nitrogen and oxygen atoms in total. The highest BCUT2D eigenvalue weighted by Crippen LogP contribution is 2.43. The molecule has 1 aromatic rings. The van der Waals surface area contributed by atoms with E-state index in [0.717, 1.165) is 11.5 Å². The molecule has 1 aliphatic rings. The number of hydrogen-bond acceptors (Lipinski definition) is 1. The van der Waals surface area contributed by atoms with Crippen molar-refractivity contribution in [1.82, 2.24) is 0 Å². The molecule has 1 aliphatic carbocycles. The monoisotopic (exact) mass is 201 g/mol. The normalized spacial score (nSPS) is 15.7. The average molecular weight is 201 g/mol. The minimum absolute atomic E-state index is 0.596. The van der Waals surface area contributed by atoms with E-state index >= 15 is 0 Å². The van der Waals surface area contributed by atoms with Gasteiger partial charge < -0.3 is 5.41 Å². The smallest absolute Gasteiger partial charge is 0.0253 e. The van der Waals surface area contributed by atoms with E-state index in [9.17, 15) is 0 Å². The molecule has 0 saturated heterocycles. The van der Waals surface area contributed by atoms with Crippen LogP contribution in [0.2, 0.25) is 0 Å². The van der Waals surface area contributed by atoms with Crippen molar-refractivity contribution in [3.63, 3.8) is 0 Å². The second-order valence-electron chi connectivity index (χ2n) is 4.91. The number of rotatable bonds is 3. The molecule has 0 heterocycles. The van der Waals surface area contributed by atoms with E-state index in [1.807, 2.05) is 0 Å². The highest BCUT2D eigenvalue weighted by molar-refractivity contribution is 5.80. The molecule has 0 aromatic heterocycles. The quantitative estimate of drug-likeness (QED) is 0.715. The number of nitrogens with one attached hydrogen (secondary N) is 1. The van der Waals surface area contributed by atoms with Gasteiger partial charge in [-0.05, 0) is 59.9 Å². The fourth-order valence-corrected chi connectivity index (χ4v) is 2.17. The lowest BCUT2D eigenvalue weighted by Gasteiger charge is -2.15. The Morgan fingerprint density at radius 2 is 2.00 bits per heavy atom. The topological polar surface area (TPSA) is 23.9 Å². The first-order valence-corrected chi connectivity index (χ1v) is 5.78. The zero-order chi connectivity index (χ0) is 11.0. The van der Waals surface area contributed by atoms with Crippen LogP contribution in [0.25, 0.3) is 0 Å². The molecule has 1 saturated carbocycles. The second-order valence-corrected chi connectivity index (χ2v) is 4.91. The van der Waals surface area contributed by atoms with E-state index in [0.29, 0.717) is 5.92 Å². The fraction of sp³-hybridized carbons (Fsp3) is 0.500. The molecule has 0 radical (unpaired) electrons. The molecule has 1 heteroatoms. The maximum atomic E-state index is 7.40. The van der Waals surface area contributed by atoms with Gasteiger partial charge in [-0.3, -0.25) is 0 Å². The van der Waals surface area contributed by atoms with E-state index in [4.69, 9.17) is 5.41 Å². The van der Waals surface area contributed by atoms with E-state index < -0.39 is 0 Å². The summed E-state index contributed by atoms with van der Waals surface area (Å²) in [4.78, 5) is 0. The minimum atomic E-state index is 0.596. The third kappa shape index (κ3) is 1.97. The lowest BCUT2D eigenvalue weighted by molar-refractivity contribution is 0.839. The van der Waals surface area contributed by atoms with Gasteiger partial charge in [0.05, 0.1) is 0 Å². The summed E-state index contributed by atoms with van der Waals surface area (Å²) in [6, 6.07) is 4.51. The second kappa shape index (κ2) is 3.80. The van der Waals surface area contributed by atoms with Crippen LogP contribution in [0.15, 0.2) is 12.1 Å². The molecule has 0 amide bonds. The summed E-state index contributed by atoms with van der Waals surface area (Å²) in [5.41, 5.74) is 5.30. The highest BCUT2D eigenvalue weighted by Gasteiger charge is 2.27. The van der Waals surface area contributed by atoms with Crippen molar-refractivity contribution < 1.29 is 0 Å². The van der Waals surface area contributed by atoms with E-state index in [1.54, 1.807) is 0 Å². The van der Waals surface area contributed by atoms with Crippen molar-refractivity contribution in [2.45, 2.75) is 45.4 Å². The van der Waals surface area contributed by atoms with Crippen molar-refractivity contribution in [3.05, 3.63) is 34.4 Å². The molecule has 1 fully saturated rings. The Hall–Kier alpha value is -1.11. The van der Waals surface area contributed by atoms with Gasteiger partial charge in [0.2, 0.25) is 0 Å². The van der Waals surface area contributed by atoms with Crippen LogP contribution in [0.1, 0.15) is 60.8 Å². The molecule has 0 unspecified atom stereocenters. The predicted octanol–water partition coefficient (Wildman–Crippen LogP) is 3.99. The maximum Gasteiger partial charge on any atom is 0.0253 e. The molecule has 2 rings (SSSR count). The summed E-state index contributed by atoms with van der Waals surface area (Å²) in [5, 5.41) is 7.40. The lowest BCUT2D eigenvalue weighted by atomic mass is 9.90. The van der Waals surface area contributed by atoms with Crippen LogP contribution >= 0.6 is 0 Å². The van der Waals surface area contributed by atoms with Crippen molar-refractivity contribution >= 4 is 6.21 Å². The molecule has 80 valence electrons. The summed E-state index contributed by atoms with van der Waals surface area (Å²) in [7, 11) is 0. The fourth-order valence-electron chi connectivity index (χ4n) is 2.17. The Labute approximate surface area is 92.0 Å². The molecule has 1 aromatic carbocycles. The maximum absolute atomic E-state index is 7.40. The zero-order valence-electron chi connectivity index (χ0n) is 9.80. The first kappa shape index (κ1) is 10.4. The van der Waals surface area contributed by atoms with Crippen LogP contribution in [-0.2, 0) is 0 Å². The molecular weight excluding hydrogens is 182 g/mol. The summed E-state index contributed by atoms with van der Waals surface area (Å²) < 4.78 is 0. The van der Waals surface area contributed by atoms with Gasteiger partial charge in [0.15, 0.2) is 0 Å². The van der Waals surface area contributed by atoms with Gasteiger partial charge in [-0.1, -0.05) is 19.9 Å². The summed E-state index contributed by atoms with van der Waals surface area (Å²) in [5.74, 6) is 1.38. The van der Waals surface area contributed by atoms with Crippen LogP contribution in [0.4, 0.5) is 0 Å². The molecule has 0 aliphatic heterocycles. The van der Waals surface area contributed by atoms with E-state index in [-0.39, 0.29) is 0 Å². The number of benzene rings is 1. The van der Waals surface area contributed by atoms with E-state index in [2.05, 4.69) is 32.9 Å². The lowest BCUT2D eigenvalue weighted by Crippen LogP contribution is -1.99. The van der Waals surface area contributed by atoms with Crippen molar-refractivity contribution in [2.75, 3.05) is 0 Å².